The summed E-state index contributed by atoms with van der Waals surface area (Å²) in [5, 5.41) is 13.7. The number of rotatable bonds is 3. The number of halogens is 3. The van der Waals surface area contributed by atoms with E-state index >= 15 is 0 Å². The fraction of sp³-hybridized carbons (Fsp3) is 0.375. The van der Waals surface area contributed by atoms with Gasteiger partial charge < -0.3 is 4.42 Å². The van der Waals surface area contributed by atoms with Crippen molar-refractivity contribution in [1.29, 1.82) is 0 Å². The number of nitrogens with zero attached hydrogens (tertiary/aromatic N) is 5. The van der Waals surface area contributed by atoms with Gasteiger partial charge in [-0.2, -0.15) is 13.2 Å². The summed E-state index contributed by atoms with van der Waals surface area (Å²) in [6.45, 7) is 1.51. The molecule has 0 aliphatic carbocycles. The van der Waals surface area contributed by atoms with E-state index in [-0.39, 0.29) is 12.4 Å². The van der Waals surface area contributed by atoms with Gasteiger partial charge in [0.2, 0.25) is 11.8 Å². The molecule has 7 nitrogen and oxygen atoms in total. The van der Waals surface area contributed by atoms with Crippen LogP contribution in [0.3, 0.4) is 0 Å². The Labute approximate surface area is 97.6 Å². The van der Waals surface area contributed by atoms with Gasteiger partial charge in [-0.05, 0) is 0 Å². The van der Waals surface area contributed by atoms with Gasteiger partial charge in [0.05, 0.1) is 6.20 Å². The Morgan fingerprint density at radius 1 is 1.39 bits per heavy atom. The normalized spacial score (nSPS) is 11.8. The van der Waals surface area contributed by atoms with E-state index in [4.69, 9.17) is 4.42 Å². The summed E-state index contributed by atoms with van der Waals surface area (Å²) < 4.78 is 42.3. The zero-order valence-electron chi connectivity index (χ0n) is 8.97. The number of alkyl halides is 3. The minimum atomic E-state index is -4.97. The standard InChI is InChI=1S/C8H6F3N5O2/c1-4-12-14-6(18-4)3-16-2-5(13-15-16)7(17)8(9,10)11/h2H,3H2,1H3. The quantitative estimate of drug-likeness (QED) is 0.758. The van der Waals surface area contributed by atoms with Crippen LogP contribution in [0.2, 0.25) is 0 Å². The number of Topliss-reactive ketones (excluding diaryl/α,β-unsaturated/α-hetero) is 1. The molecule has 2 aromatic rings. The SMILES string of the molecule is Cc1nnc(Cn2cc(C(=O)C(F)(F)F)nn2)o1. The minimum Gasteiger partial charge on any atom is -0.424 e. The lowest BCUT2D eigenvalue weighted by Gasteiger charge is -1.99. The lowest BCUT2D eigenvalue weighted by Crippen LogP contribution is -2.23. The van der Waals surface area contributed by atoms with E-state index in [1.807, 2.05) is 0 Å². The number of hydrogen-bond acceptors (Lipinski definition) is 6. The summed E-state index contributed by atoms with van der Waals surface area (Å²) in [6.07, 6.45) is -4.10. The molecular formula is C8H6F3N5O2. The minimum absolute atomic E-state index is 0.0566. The highest BCUT2D eigenvalue weighted by Gasteiger charge is 2.41. The summed E-state index contributed by atoms with van der Waals surface area (Å²) in [5.41, 5.74) is -0.779. The van der Waals surface area contributed by atoms with E-state index < -0.39 is 17.7 Å². The number of aromatic nitrogens is 5. The van der Waals surface area contributed by atoms with Crippen molar-refractivity contribution in [1.82, 2.24) is 25.2 Å². The van der Waals surface area contributed by atoms with Crippen LogP contribution in [-0.4, -0.2) is 37.2 Å². The Morgan fingerprint density at radius 2 is 2.11 bits per heavy atom. The Hall–Kier alpha value is -2.26. The molecule has 2 heterocycles. The monoisotopic (exact) mass is 261 g/mol. The molecule has 0 fully saturated rings. The van der Waals surface area contributed by atoms with Crippen molar-refractivity contribution in [3.8, 4) is 0 Å². The highest BCUT2D eigenvalue weighted by molar-refractivity contribution is 5.98. The zero-order valence-corrected chi connectivity index (χ0v) is 8.97. The van der Waals surface area contributed by atoms with Gasteiger partial charge >= 0.3 is 6.18 Å². The molecule has 0 bridgehead atoms. The number of carbonyl (C=O) groups is 1. The fourth-order valence-electron chi connectivity index (χ4n) is 1.16. The fourth-order valence-corrected chi connectivity index (χ4v) is 1.16. The maximum Gasteiger partial charge on any atom is 0.456 e. The molecule has 2 rings (SSSR count). The van der Waals surface area contributed by atoms with Crippen molar-refractivity contribution in [2.45, 2.75) is 19.6 Å². The van der Waals surface area contributed by atoms with Crippen LogP contribution in [0.25, 0.3) is 0 Å². The van der Waals surface area contributed by atoms with Crippen molar-refractivity contribution in [2.75, 3.05) is 0 Å². The van der Waals surface area contributed by atoms with E-state index in [9.17, 15) is 18.0 Å². The molecule has 0 aliphatic heterocycles. The second kappa shape index (κ2) is 4.20. The largest absolute Gasteiger partial charge is 0.456 e. The maximum atomic E-state index is 12.1. The first-order valence-electron chi connectivity index (χ1n) is 4.67. The Morgan fingerprint density at radius 3 is 2.67 bits per heavy atom. The third kappa shape index (κ3) is 2.52. The molecule has 2 aromatic heterocycles. The molecule has 18 heavy (non-hydrogen) atoms. The van der Waals surface area contributed by atoms with Gasteiger partial charge in [0.15, 0.2) is 5.69 Å². The Kier molecular flexibility index (Phi) is 2.85. The van der Waals surface area contributed by atoms with Crippen molar-refractivity contribution >= 4 is 5.78 Å². The average Bonchev–Trinajstić information content (AvgIpc) is 2.86. The maximum absolute atomic E-state index is 12.1. The van der Waals surface area contributed by atoms with Crippen LogP contribution in [0.5, 0.6) is 0 Å². The average molecular weight is 261 g/mol. The summed E-state index contributed by atoms with van der Waals surface area (Å²) in [4.78, 5) is 10.8. The Bertz CT molecular complexity index is 573. The molecule has 0 saturated carbocycles. The predicted octanol–water partition coefficient (Wildman–Crippen LogP) is 0.763. The first-order valence-corrected chi connectivity index (χ1v) is 4.67. The zero-order chi connectivity index (χ0) is 13.3. The molecule has 0 unspecified atom stereocenters. The van der Waals surface area contributed by atoms with Crippen molar-refractivity contribution in [3.63, 3.8) is 0 Å². The third-order valence-corrected chi connectivity index (χ3v) is 1.89. The van der Waals surface area contributed by atoms with Crippen LogP contribution in [0, 0.1) is 6.92 Å². The second-order valence-corrected chi connectivity index (χ2v) is 3.34. The van der Waals surface area contributed by atoms with Crippen LogP contribution in [-0.2, 0) is 6.54 Å². The Balaban J connectivity index is 2.14. The summed E-state index contributed by atoms with van der Waals surface area (Å²) in [5.74, 6) is -1.57. The number of aryl methyl sites for hydroxylation is 1. The molecule has 0 spiro atoms. The molecule has 0 radical (unpaired) electrons. The molecule has 10 heteroatoms. The second-order valence-electron chi connectivity index (χ2n) is 3.34. The molecular weight excluding hydrogens is 255 g/mol. The topological polar surface area (TPSA) is 86.7 Å². The van der Waals surface area contributed by atoms with Crippen molar-refractivity contribution in [2.24, 2.45) is 0 Å². The highest BCUT2D eigenvalue weighted by Crippen LogP contribution is 2.19. The summed E-state index contributed by atoms with van der Waals surface area (Å²) in [7, 11) is 0. The summed E-state index contributed by atoms with van der Waals surface area (Å²) in [6, 6.07) is 0. The molecule has 96 valence electrons. The first-order chi connectivity index (χ1) is 8.36. The van der Waals surface area contributed by atoms with Gasteiger partial charge in [0.25, 0.3) is 5.78 Å². The van der Waals surface area contributed by atoms with Gasteiger partial charge in [0, 0.05) is 6.92 Å². The molecule has 0 amide bonds. The van der Waals surface area contributed by atoms with Crippen molar-refractivity contribution < 1.29 is 22.4 Å². The van der Waals surface area contributed by atoms with E-state index in [1.54, 1.807) is 6.92 Å². The molecule has 0 saturated heterocycles. The van der Waals surface area contributed by atoms with Gasteiger partial charge in [-0.3, -0.25) is 4.79 Å². The predicted molar refractivity (Wildman–Crippen MR) is 48.5 cm³/mol. The lowest BCUT2D eigenvalue weighted by atomic mass is 10.3. The van der Waals surface area contributed by atoms with Crippen molar-refractivity contribution in [3.05, 3.63) is 23.7 Å². The lowest BCUT2D eigenvalue weighted by molar-refractivity contribution is -0.0888. The number of hydrogen-bond donors (Lipinski definition) is 0. The van der Waals surface area contributed by atoms with Crippen LogP contribution >= 0.6 is 0 Å². The number of carbonyl (C=O) groups excluding carboxylic acids is 1. The molecule has 0 N–H and O–H groups in total. The van der Waals surface area contributed by atoms with Crippen LogP contribution in [0.1, 0.15) is 22.3 Å². The molecule has 0 aliphatic rings. The van der Waals surface area contributed by atoms with Crippen LogP contribution in [0.4, 0.5) is 13.2 Å². The van der Waals surface area contributed by atoms with Gasteiger partial charge in [-0.15, -0.1) is 15.3 Å². The molecule has 0 aromatic carbocycles. The molecule has 0 atom stereocenters. The number of ketones is 1. The first kappa shape index (κ1) is 12.2. The van der Waals surface area contributed by atoms with E-state index in [0.29, 0.717) is 5.89 Å². The third-order valence-electron chi connectivity index (χ3n) is 1.89. The van der Waals surface area contributed by atoms with Gasteiger partial charge in [-0.1, -0.05) is 5.21 Å². The smallest absolute Gasteiger partial charge is 0.424 e. The van der Waals surface area contributed by atoms with Gasteiger partial charge in [0.1, 0.15) is 6.54 Å². The van der Waals surface area contributed by atoms with Crippen LogP contribution in [0.15, 0.2) is 10.6 Å². The van der Waals surface area contributed by atoms with Gasteiger partial charge in [-0.25, -0.2) is 4.68 Å². The van der Waals surface area contributed by atoms with E-state index in [1.165, 1.54) is 0 Å². The van der Waals surface area contributed by atoms with Crippen LogP contribution < -0.4 is 0 Å². The van der Waals surface area contributed by atoms with E-state index in [0.717, 1.165) is 10.9 Å². The van der Waals surface area contributed by atoms with E-state index in [2.05, 4.69) is 20.5 Å². The highest BCUT2D eigenvalue weighted by atomic mass is 19.4. The summed E-state index contributed by atoms with van der Waals surface area (Å²) >= 11 is 0.